The molecule has 1 fully saturated rings. The molecule has 1 aliphatic rings. The van der Waals surface area contributed by atoms with E-state index in [1.807, 2.05) is 57.0 Å². The molecule has 0 bridgehead atoms. The first-order chi connectivity index (χ1) is 14.8. The molecule has 2 amide bonds. The zero-order valence-corrected chi connectivity index (χ0v) is 19.2. The van der Waals surface area contributed by atoms with E-state index in [1.165, 1.54) is 10.5 Å². The van der Waals surface area contributed by atoms with Crippen molar-refractivity contribution in [1.82, 2.24) is 4.90 Å². The minimum absolute atomic E-state index is 0.0667. The minimum atomic E-state index is -0.250. The Morgan fingerprint density at radius 3 is 2.45 bits per heavy atom. The maximum Gasteiger partial charge on any atom is 0.280 e. The van der Waals surface area contributed by atoms with Crippen LogP contribution in [0.2, 0.25) is 0 Å². The molecule has 0 aliphatic carbocycles. The highest BCUT2D eigenvalue weighted by molar-refractivity contribution is 5.92. The largest absolute Gasteiger partial charge is 0.328 e. The third kappa shape index (κ3) is 6.39. The van der Waals surface area contributed by atoms with Crippen molar-refractivity contribution in [3.05, 3.63) is 65.2 Å². The van der Waals surface area contributed by atoms with E-state index >= 15 is 0 Å². The molecule has 31 heavy (non-hydrogen) atoms. The zero-order chi connectivity index (χ0) is 22.4. The molecular weight excluding hydrogens is 388 g/mol. The summed E-state index contributed by atoms with van der Waals surface area (Å²) in [6.45, 7) is 10.6. The van der Waals surface area contributed by atoms with E-state index in [9.17, 15) is 9.59 Å². The molecule has 3 rings (SSSR count). The molecule has 3 N–H and O–H groups in total. The van der Waals surface area contributed by atoms with E-state index in [2.05, 4.69) is 29.6 Å². The van der Waals surface area contributed by atoms with Crippen LogP contribution in [0.25, 0.3) is 0 Å². The molecule has 2 aromatic rings. The van der Waals surface area contributed by atoms with Crippen molar-refractivity contribution in [3.63, 3.8) is 0 Å². The van der Waals surface area contributed by atoms with E-state index in [0.717, 1.165) is 54.4 Å². The highest BCUT2D eigenvalue weighted by Crippen LogP contribution is 2.15. The van der Waals surface area contributed by atoms with Gasteiger partial charge in [0.25, 0.3) is 11.8 Å². The van der Waals surface area contributed by atoms with E-state index in [4.69, 9.17) is 0 Å². The number of rotatable bonds is 7. The summed E-state index contributed by atoms with van der Waals surface area (Å²) in [5.41, 5.74) is 4.33. The fraction of sp³-hybridized carbons (Fsp3) is 0.440. The topological polar surface area (TPSA) is 58.3 Å². The Kier molecular flexibility index (Phi) is 7.82. The minimum Gasteiger partial charge on any atom is -0.328 e. The van der Waals surface area contributed by atoms with Crippen molar-refractivity contribution in [2.45, 2.75) is 33.4 Å². The van der Waals surface area contributed by atoms with E-state index in [1.54, 1.807) is 0 Å². The molecule has 0 radical (unpaired) electrons. The number of nitrogens with one attached hydrogen (secondary N) is 3. The Morgan fingerprint density at radius 1 is 1.10 bits per heavy atom. The summed E-state index contributed by atoms with van der Waals surface area (Å²) in [5, 5.41) is 3.00. The second kappa shape index (κ2) is 10.6. The van der Waals surface area contributed by atoms with E-state index in [-0.39, 0.29) is 24.4 Å². The molecule has 2 atom stereocenters. The highest BCUT2D eigenvalue weighted by Gasteiger charge is 2.31. The van der Waals surface area contributed by atoms with Crippen LogP contribution >= 0.6 is 0 Å². The fourth-order valence-corrected chi connectivity index (χ4v) is 4.06. The third-order valence-corrected chi connectivity index (χ3v) is 6.30. The number of likely N-dealkylation sites (N-methyl/N-ethyl adjacent to an activating group) is 1. The number of carbonyl (C=O) groups is 2. The number of piperazine rings is 1. The average Bonchev–Trinajstić information content (AvgIpc) is 2.76. The molecule has 6 heteroatoms. The Balaban J connectivity index is 1.47. The van der Waals surface area contributed by atoms with Crippen molar-refractivity contribution in [2.75, 3.05) is 45.1 Å². The number of benzene rings is 2. The number of hydrogen-bond acceptors (Lipinski definition) is 2. The molecule has 1 aliphatic heterocycles. The number of nitrogens with zero attached hydrogens (tertiary/aromatic N) is 1. The number of carbonyl (C=O) groups excluding carboxylic acids is 2. The first-order valence-electron chi connectivity index (χ1n) is 11.2. The molecule has 166 valence electrons. The van der Waals surface area contributed by atoms with Gasteiger partial charge >= 0.3 is 0 Å². The van der Waals surface area contributed by atoms with Crippen molar-refractivity contribution < 1.29 is 19.4 Å². The molecule has 0 spiro atoms. The summed E-state index contributed by atoms with van der Waals surface area (Å²) in [5.74, 6) is 0.0683. The fourth-order valence-electron chi connectivity index (χ4n) is 4.06. The van der Waals surface area contributed by atoms with Crippen LogP contribution in [0.3, 0.4) is 0 Å². The molecule has 2 aromatic carbocycles. The quantitative estimate of drug-likeness (QED) is 0.589. The zero-order valence-electron chi connectivity index (χ0n) is 19.2. The lowest BCUT2D eigenvalue weighted by Gasteiger charge is -2.34. The monoisotopic (exact) mass is 424 g/mol. The lowest BCUT2D eigenvalue weighted by Crippen LogP contribution is -3.16. The smallest absolute Gasteiger partial charge is 0.280 e. The third-order valence-electron chi connectivity index (χ3n) is 6.30. The second-order valence-electron chi connectivity index (χ2n) is 8.85. The van der Waals surface area contributed by atoms with Gasteiger partial charge in [0.1, 0.15) is 6.54 Å². The van der Waals surface area contributed by atoms with Gasteiger partial charge < -0.3 is 20.0 Å². The lowest BCUT2D eigenvalue weighted by molar-refractivity contribution is -0.918. The summed E-state index contributed by atoms with van der Waals surface area (Å²) in [6, 6.07) is 16.3. The van der Waals surface area contributed by atoms with Gasteiger partial charge in [0, 0.05) is 11.3 Å². The average molecular weight is 425 g/mol. The number of quaternary nitrogens is 2. The first kappa shape index (κ1) is 23.0. The first-order valence-corrected chi connectivity index (χ1v) is 11.2. The van der Waals surface area contributed by atoms with Gasteiger partial charge in [-0.15, -0.1) is 0 Å². The highest BCUT2D eigenvalue weighted by atomic mass is 16.2. The van der Waals surface area contributed by atoms with Crippen LogP contribution in [-0.4, -0.2) is 62.5 Å². The summed E-state index contributed by atoms with van der Waals surface area (Å²) >= 11 is 0. The van der Waals surface area contributed by atoms with Crippen molar-refractivity contribution in [2.24, 2.45) is 0 Å². The summed E-state index contributed by atoms with van der Waals surface area (Å²) in [6.07, 6.45) is 0. The normalized spacial score (nSPS) is 16.6. The van der Waals surface area contributed by atoms with Crippen LogP contribution in [0.15, 0.2) is 48.5 Å². The summed E-state index contributed by atoms with van der Waals surface area (Å²) < 4.78 is 0. The maximum absolute atomic E-state index is 13.0. The summed E-state index contributed by atoms with van der Waals surface area (Å²) in [7, 11) is 1.92. The van der Waals surface area contributed by atoms with Crippen molar-refractivity contribution in [1.29, 1.82) is 0 Å². The predicted octanol–water partition coefficient (Wildman–Crippen LogP) is 0.0724. The van der Waals surface area contributed by atoms with Gasteiger partial charge in [-0.25, -0.2) is 0 Å². The maximum atomic E-state index is 13.0. The molecule has 1 unspecified atom stereocenters. The van der Waals surface area contributed by atoms with Crippen molar-refractivity contribution >= 4 is 17.5 Å². The molecular formula is C25H36N4O2+2. The van der Waals surface area contributed by atoms with Gasteiger partial charge in [-0.05, 0) is 38.0 Å². The van der Waals surface area contributed by atoms with Gasteiger partial charge in [-0.3, -0.25) is 9.59 Å². The van der Waals surface area contributed by atoms with Gasteiger partial charge in [0.05, 0.1) is 33.2 Å². The SMILES string of the molecule is Cc1ccc(C)c(NC(=O)C[NH+](C)[C@H](C)C(=O)N2CC[NH+](Cc3ccccc3)CC2)c1. The van der Waals surface area contributed by atoms with Crippen LogP contribution in [-0.2, 0) is 16.1 Å². The molecule has 1 saturated heterocycles. The standard InChI is InChI=1S/C25H34N4O2/c1-19-10-11-20(2)23(16-19)26-24(30)18-27(4)21(3)25(31)29-14-12-28(13-15-29)17-22-8-6-5-7-9-22/h5-11,16,21H,12-15,17-18H2,1-4H3,(H,26,30)/p+2/t21-/m1/s1. The number of hydrogen-bond donors (Lipinski definition) is 3. The predicted molar refractivity (Wildman–Crippen MR) is 123 cm³/mol. The van der Waals surface area contributed by atoms with Crippen LogP contribution in [0.5, 0.6) is 0 Å². The van der Waals surface area contributed by atoms with Gasteiger partial charge in [-0.1, -0.05) is 42.5 Å². The Bertz CT molecular complexity index is 892. The second-order valence-corrected chi connectivity index (χ2v) is 8.85. The van der Waals surface area contributed by atoms with Gasteiger partial charge in [0.2, 0.25) is 0 Å². The number of aryl methyl sites for hydroxylation is 2. The Hall–Kier alpha value is -2.70. The van der Waals surface area contributed by atoms with Crippen molar-refractivity contribution in [3.8, 4) is 0 Å². The molecule has 6 nitrogen and oxygen atoms in total. The van der Waals surface area contributed by atoms with E-state index in [0.29, 0.717) is 0 Å². The molecule has 1 heterocycles. The number of anilines is 1. The molecule has 0 saturated carbocycles. The van der Waals surface area contributed by atoms with Crippen LogP contribution in [0.4, 0.5) is 5.69 Å². The molecule has 0 aromatic heterocycles. The Morgan fingerprint density at radius 2 is 1.77 bits per heavy atom. The summed E-state index contributed by atoms with van der Waals surface area (Å²) in [4.78, 5) is 29.9. The van der Waals surface area contributed by atoms with Crippen LogP contribution in [0, 0.1) is 13.8 Å². The van der Waals surface area contributed by atoms with Gasteiger partial charge in [-0.2, -0.15) is 0 Å². The van der Waals surface area contributed by atoms with Crippen LogP contribution < -0.4 is 15.1 Å². The van der Waals surface area contributed by atoms with E-state index < -0.39 is 0 Å². The number of amides is 2. The Labute approximate surface area is 185 Å². The van der Waals surface area contributed by atoms with Crippen LogP contribution in [0.1, 0.15) is 23.6 Å². The van der Waals surface area contributed by atoms with Gasteiger partial charge in [0.15, 0.2) is 12.6 Å². The lowest BCUT2D eigenvalue weighted by atomic mass is 10.1.